The van der Waals surface area contributed by atoms with E-state index >= 15 is 0 Å². The second-order valence-electron chi connectivity index (χ2n) is 6.05. The second kappa shape index (κ2) is 5.43. The number of pyridine rings is 1. The van der Waals surface area contributed by atoms with Crippen molar-refractivity contribution < 1.29 is 4.79 Å². The van der Waals surface area contributed by atoms with E-state index in [-0.39, 0.29) is 5.41 Å². The predicted molar refractivity (Wildman–Crippen MR) is 79.6 cm³/mol. The average molecular weight is 273 g/mol. The highest BCUT2D eigenvalue weighted by Gasteiger charge is 2.48. The number of nitrogens with zero attached hydrogens (tertiary/aromatic N) is 3. The molecule has 1 amide bonds. The van der Waals surface area contributed by atoms with Gasteiger partial charge in [-0.2, -0.15) is 0 Å². The van der Waals surface area contributed by atoms with E-state index in [0.717, 1.165) is 51.9 Å². The van der Waals surface area contributed by atoms with Gasteiger partial charge in [-0.3, -0.25) is 9.78 Å². The topological polar surface area (TPSA) is 36.4 Å². The van der Waals surface area contributed by atoms with Crippen molar-refractivity contribution in [3.63, 3.8) is 0 Å². The van der Waals surface area contributed by atoms with E-state index in [4.69, 9.17) is 0 Å². The Morgan fingerprint density at radius 2 is 2.05 bits per heavy atom. The molecule has 0 saturated carbocycles. The average Bonchev–Trinajstić information content (AvgIpc) is 2.91. The smallest absolute Gasteiger partial charge is 0.230 e. The van der Waals surface area contributed by atoms with Gasteiger partial charge in [0, 0.05) is 44.3 Å². The van der Waals surface area contributed by atoms with Crippen molar-refractivity contribution in [3.05, 3.63) is 24.5 Å². The molecule has 3 heterocycles. The van der Waals surface area contributed by atoms with E-state index in [1.807, 2.05) is 24.5 Å². The van der Waals surface area contributed by atoms with Crippen molar-refractivity contribution in [2.45, 2.75) is 32.6 Å². The van der Waals surface area contributed by atoms with Crippen LogP contribution >= 0.6 is 0 Å². The second-order valence-corrected chi connectivity index (χ2v) is 6.05. The first-order valence-electron chi connectivity index (χ1n) is 7.69. The van der Waals surface area contributed by atoms with E-state index in [1.54, 1.807) is 0 Å². The monoisotopic (exact) mass is 273 g/mol. The van der Waals surface area contributed by atoms with Crippen LogP contribution in [0.25, 0.3) is 0 Å². The Bertz CT molecular complexity index is 474. The fourth-order valence-corrected chi connectivity index (χ4v) is 3.66. The fraction of sp³-hybridized carbons (Fsp3) is 0.625. The molecule has 0 N–H and O–H groups in total. The first kappa shape index (κ1) is 13.4. The third-order valence-corrected chi connectivity index (χ3v) is 4.70. The molecule has 20 heavy (non-hydrogen) atoms. The number of anilines is 1. The molecule has 1 aromatic heterocycles. The maximum absolute atomic E-state index is 12.8. The minimum Gasteiger partial charge on any atom is -0.370 e. The maximum atomic E-state index is 12.8. The molecular weight excluding hydrogens is 250 g/mol. The molecule has 3 rings (SSSR count). The number of amides is 1. The summed E-state index contributed by atoms with van der Waals surface area (Å²) in [6.07, 6.45) is 7.90. The lowest BCUT2D eigenvalue weighted by molar-refractivity contribution is -0.145. The number of hydrogen-bond acceptors (Lipinski definition) is 3. The molecular formula is C16H23N3O. The van der Waals surface area contributed by atoms with Gasteiger partial charge in [-0.25, -0.2) is 0 Å². The van der Waals surface area contributed by atoms with Gasteiger partial charge in [-0.05, 0) is 37.8 Å². The Morgan fingerprint density at radius 1 is 1.25 bits per heavy atom. The lowest BCUT2D eigenvalue weighted by atomic mass is 9.78. The summed E-state index contributed by atoms with van der Waals surface area (Å²) < 4.78 is 0. The third kappa shape index (κ3) is 2.28. The minimum absolute atomic E-state index is 0.128. The molecule has 0 radical (unpaired) electrons. The zero-order valence-electron chi connectivity index (χ0n) is 12.2. The highest BCUT2D eigenvalue weighted by Crippen LogP contribution is 2.41. The minimum atomic E-state index is -0.128. The van der Waals surface area contributed by atoms with Gasteiger partial charge in [0.25, 0.3) is 0 Å². The van der Waals surface area contributed by atoms with Crippen molar-refractivity contribution in [2.24, 2.45) is 5.41 Å². The SMILES string of the molecule is CCCN1CCC[C@]2(CCN(c3ccncc3)C2)C1=O. The maximum Gasteiger partial charge on any atom is 0.230 e. The van der Waals surface area contributed by atoms with Crippen molar-refractivity contribution in [3.8, 4) is 0 Å². The first-order valence-corrected chi connectivity index (χ1v) is 7.69. The molecule has 1 spiro atoms. The third-order valence-electron chi connectivity index (χ3n) is 4.70. The van der Waals surface area contributed by atoms with Crippen LogP contribution in [0.5, 0.6) is 0 Å². The molecule has 0 bridgehead atoms. The summed E-state index contributed by atoms with van der Waals surface area (Å²) in [4.78, 5) is 21.3. The molecule has 0 aromatic carbocycles. The lowest BCUT2D eigenvalue weighted by Crippen LogP contribution is -2.50. The van der Waals surface area contributed by atoms with Gasteiger partial charge in [0.1, 0.15) is 0 Å². The summed E-state index contributed by atoms with van der Waals surface area (Å²) >= 11 is 0. The molecule has 4 nitrogen and oxygen atoms in total. The number of likely N-dealkylation sites (tertiary alicyclic amines) is 1. The summed E-state index contributed by atoms with van der Waals surface area (Å²) in [6, 6.07) is 4.08. The van der Waals surface area contributed by atoms with Crippen molar-refractivity contribution in [1.82, 2.24) is 9.88 Å². The van der Waals surface area contributed by atoms with Gasteiger partial charge in [0.05, 0.1) is 5.41 Å². The van der Waals surface area contributed by atoms with Gasteiger partial charge >= 0.3 is 0 Å². The molecule has 2 fully saturated rings. The summed E-state index contributed by atoms with van der Waals surface area (Å²) in [6.45, 7) is 5.86. The van der Waals surface area contributed by atoms with Crippen molar-refractivity contribution >= 4 is 11.6 Å². The number of piperidine rings is 1. The molecule has 0 aliphatic carbocycles. The summed E-state index contributed by atoms with van der Waals surface area (Å²) in [5, 5.41) is 0. The van der Waals surface area contributed by atoms with Crippen LogP contribution < -0.4 is 4.90 Å². The number of carbonyl (C=O) groups is 1. The van der Waals surface area contributed by atoms with Crippen LogP contribution in [0, 0.1) is 5.41 Å². The molecule has 4 heteroatoms. The van der Waals surface area contributed by atoms with Crippen molar-refractivity contribution in [1.29, 1.82) is 0 Å². The molecule has 0 unspecified atom stereocenters. The van der Waals surface area contributed by atoms with Gasteiger partial charge in [-0.15, -0.1) is 0 Å². The van der Waals surface area contributed by atoms with Crippen molar-refractivity contribution in [2.75, 3.05) is 31.1 Å². The molecule has 1 atom stereocenters. The standard InChI is InChI=1S/C16H23N3O/c1-2-10-18-11-3-6-16(15(18)20)7-12-19(13-16)14-4-8-17-9-5-14/h4-5,8-9H,2-3,6-7,10-13H2,1H3/t16-/m1/s1. The van der Waals surface area contributed by atoms with Crippen LogP contribution in [0.4, 0.5) is 5.69 Å². The predicted octanol–water partition coefficient (Wildman–Crippen LogP) is 2.31. The molecule has 1 aromatic rings. The summed E-state index contributed by atoms with van der Waals surface area (Å²) in [7, 11) is 0. The normalized spacial score (nSPS) is 26.6. The van der Waals surface area contributed by atoms with Crippen LogP contribution in [-0.4, -0.2) is 42.0 Å². The number of carbonyl (C=O) groups excluding carboxylic acids is 1. The van der Waals surface area contributed by atoms with E-state index in [0.29, 0.717) is 5.91 Å². The van der Waals surface area contributed by atoms with E-state index in [2.05, 4.69) is 21.7 Å². The first-order chi connectivity index (χ1) is 9.75. The highest BCUT2D eigenvalue weighted by atomic mass is 16.2. The Morgan fingerprint density at radius 3 is 2.80 bits per heavy atom. The largest absolute Gasteiger partial charge is 0.370 e. The van der Waals surface area contributed by atoms with Gasteiger partial charge in [0.2, 0.25) is 5.91 Å². The lowest BCUT2D eigenvalue weighted by Gasteiger charge is -2.39. The molecule has 2 aliphatic rings. The molecule has 2 aliphatic heterocycles. The van der Waals surface area contributed by atoms with Crippen LogP contribution in [-0.2, 0) is 4.79 Å². The number of hydrogen-bond donors (Lipinski definition) is 0. The molecule has 108 valence electrons. The zero-order chi connectivity index (χ0) is 14.0. The molecule has 2 saturated heterocycles. The van der Waals surface area contributed by atoms with Crippen LogP contribution in [0.2, 0.25) is 0 Å². The van der Waals surface area contributed by atoms with E-state index in [1.165, 1.54) is 5.69 Å². The quantitative estimate of drug-likeness (QED) is 0.848. The van der Waals surface area contributed by atoms with Crippen LogP contribution in [0.1, 0.15) is 32.6 Å². The van der Waals surface area contributed by atoms with Gasteiger partial charge < -0.3 is 9.80 Å². The van der Waals surface area contributed by atoms with Crippen LogP contribution in [0.15, 0.2) is 24.5 Å². The van der Waals surface area contributed by atoms with Crippen LogP contribution in [0.3, 0.4) is 0 Å². The van der Waals surface area contributed by atoms with Gasteiger partial charge in [-0.1, -0.05) is 6.92 Å². The number of aromatic nitrogens is 1. The number of rotatable bonds is 3. The Balaban J connectivity index is 1.76. The summed E-state index contributed by atoms with van der Waals surface area (Å²) in [5.74, 6) is 0.391. The zero-order valence-corrected chi connectivity index (χ0v) is 12.2. The fourth-order valence-electron chi connectivity index (χ4n) is 3.66. The Kier molecular flexibility index (Phi) is 3.64. The Labute approximate surface area is 120 Å². The highest BCUT2D eigenvalue weighted by molar-refractivity contribution is 5.85. The van der Waals surface area contributed by atoms with E-state index in [9.17, 15) is 4.79 Å². The van der Waals surface area contributed by atoms with Gasteiger partial charge in [0.15, 0.2) is 0 Å². The summed E-state index contributed by atoms with van der Waals surface area (Å²) in [5.41, 5.74) is 1.06. The van der Waals surface area contributed by atoms with E-state index < -0.39 is 0 Å². The Hall–Kier alpha value is -1.58.